The van der Waals surface area contributed by atoms with Gasteiger partial charge in [0.25, 0.3) is 5.91 Å². The molecule has 1 unspecified atom stereocenters. The number of rotatable bonds is 5. The van der Waals surface area contributed by atoms with Crippen LogP contribution >= 0.6 is 11.6 Å². The maximum atomic E-state index is 13.2. The number of nitrogens with zero attached hydrogens (tertiary/aromatic N) is 3. The Morgan fingerprint density at radius 3 is 2.62 bits per heavy atom. The third-order valence-corrected chi connectivity index (χ3v) is 5.79. The molecule has 0 saturated carbocycles. The Labute approximate surface area is 174 Å². The molecule has 1 N–H and O–H groups in total. The third-order valence-electron chi connectivity index (χ3n) is 4.85. The molecule has 1 aliphatic heterocycles. The number of piperidine rings is 1. The number of hydrogen-bond donors (Lipinski definition) is 1. The molecular weight excluding hydrogens is 416 g/mol. The van der Waals surface area contributed by atoms with Crippen molar-refractivity contribution >= 4 is 27.5 Å². The van der Waals surface area contributed by atoms with Crippen LogP contribution in [0.5, 0.6) is 0 Å². The normalized spacial score (nSPS) is 17.3. The van der Waals surface area contributed by atoms with Gasteiger partial charge < -0.3 is 4.90 Å². The zero-order valence-electron chi connectivity index (χ0n) is 16.3. The van der Waals surface area contributed by atoms with Crippen LogP contribution in [0, 0.1) is 6.92 Å². The molecule has 1 fully saturated rings. The summed E-state index contributed by atoms with van der Waals surface area (Å²) in [4.78, 5) is 27.2. The van der Waals surface area contributed by atoms with Crippen molar-refractivity contribution in [2.75, 3.05) is 19.3 Å². The molecule has 8 nitrogen and oxygen atoms in total. The van der Waals surface area contributed by atoms with Gasteiger partial charge in [0.2, 0.25) is 15.5 Å². The summed E-state index contributed by atoms with van der Waals surface area (Å²) in [6, 6.07) is 7.96. The van der Waals surface area contributed by atoms with Gasteiger partial charge in [0.05, 0.1) is 11.9 Å². The first-order chi connectivity index (χ1) is 13.7. The topological polar surface area (TPSA) is 101 Å². The fraction of sp³-hybridized carbons (Fsp3) is 0.421. The average molecular weight is 439 g/mol. The van der Waals surface area contributed by atoms with Crippen molar-refractivity contribution in [1.29, 1.82) is 0 Å². The van der Waals surface area contributed by atoms with Gasteiger partial charge in [0, 0.05) is 35.9 Å². The molecule has 1 aliphatic rings. The third kappa shape index (κ3) is 5.23. The number of likely N-dealkylation sites (tertiary alicyclic amines) is 1. The van der Waals surface area contributed by atoms with Gasteiger partial charge in [-0.1, -0.05) is 11.6 Å². The molecule has 0 radical (unpaired) electrons. The largest absolute Gasteiger partial charge is 0.333 e. The molecule has 1 amide bonds. The molecule has 1 atom stereocenters. The number of aromatic nitrogens is 2. The summed E-state index contributed by atoms with van der Waals surface area (Å²) in [7, 11) is -3.38. The molecule has 1 aromatic carbocycles. The lowest BCUT2D eigenvalue weighted by Gasteiger charge is -2.35. The number of carbonyl (C=O) groups is 1. The van der Waals surface area contributed by atoms with Crippen LogP contribution in [-0.2, 0) is 10.0 Å². The van der Waals surface area contributed by atoms with Crippen LogP contribution in [0.15, 0.2) is 35.1 Å². The van der Waals surface area contributed by atoms with E-state index in [4.69, 9.17) is 11.6 Å². The van der Waals surface area contributed by atoms with Crippen LogP contribution < -0.4 is 10.2 Å². The van der Waals surface area contributed by atoms with Gasteiger partial charge in [-0.05, 0) is 50.5 Å². The second kappa shape index (κ2) is 8.64. The van der Waals surface area contributed by atoms with Crippen molar-refractivity contribution in [1.82, 2.24) is 19.4 Å². The lowest BCUT2D eigenvalue weighted by molar-refractivity contribution is 0.0609. The molecule has 0 spiro atoms. The highest BCUT2D eigenvalue weighted by Gasteiger charge is 2.30. The molecule has 10 heteroatoms. The van der Waals surface area contributed by atoms with Gasteiger partial charge in [-0.25, -0.2) is 17.8 Å². The predicted molar refractivity (Wildman–Crippen MR) is 111 cm³/mol. The van der Waals surface area contributed by atoms with Gasteiger partial charge in [-0.3, -0.25) is 9.59 Å². The van der Waals surface area contributed by atoms with Crippen LogP contribution in [0.25, 0.3) is 5.69 Å². The Kier molecular flexibility index (Phi) is 6.40. The summed E-state index contributed by atoms with van der Waals surface area (Å²) < 4.78 is 26.9. The monoisotopic (exact) mass is 438 g/mol. The van der Waals surface area contributed by atoms with E-state index in [0.29, 0.717) is 29.4 Å². The molecule has 0 aliphatic carbocycles. The fourth-order valence-electron chi connectivity index (χ4n) is 3.40. The number of carbonyl (C=O) groups excluding carboxylic acids is 1. The van der Waals surface area contributed by atoms with E-state index in [-0.39, 0.29) is 18.3 Å². The van der Waals surface area contributed by atoms with Crippen molar-refractivity contribution in [3.8, 4) is 5.69 Å². The number of hydrogen-bond acceptors (Lipinski definition) is 5. The summed E-state index contributed by atoms with van der Waals surface area (Å²) in [6.07, 6.45) is 3.41. The Morgan fingerprint density at radius 1 is 1.28 bits per heavy atom. The minimum Gasteiger partial charge on any atom is -0.333 e. The standard InChI is InChI=1S/C19H23ClN4O4S/c1-13-11-17(25)18(22-24(13)15-8-6-14(20)7-9-15)19(26)23-10-4-3-5-16(23)12-21-29(2,27)28/h6-9,11,16,21H,3-5,10,12H2,1-2H3. The maximum absolute atomic E-state index is 13.2. The first-order valence-corrected chi connectivity index (χ1v) is 11.5. The fourth-order valence-corrected chi connectivity index (χ4v) is 4.02. The first-order valence-electron chi connectivity index (χ1n) is 9.28. The molecular formula is C19H23ClN4O4S. The zero-order valence-corrected chi connectivity index (χ0v) is 17.8. The van der Waals surface area contributed by atoms with Crippen LogP contribution in [0.3, 0.4) is 0 Å². The molecule has 2 heterocycles. The molecule has 29 heavy (non-hydrogen) atoms. The smallest absolute Gasteiger partial charge is 0.278 e. The quantitative estimate of drug-likeness (QED) is 0.766. The van der Waals surface area contributed by atoms with E-state index in [2.05, 4.69) is 9.82 Å². The van der Waals surface area contributed by atoms with E-state index in [1.165, 1.54) is 10.7 Å². The SMILES string of the molecule is Cc1cc(=O)c(C(=O)N2CCCCC2CNS(C)(=O)=O)nn1-c1ccc(Cl)cc1. The van der Waals surface area contributed by atoms with E-state index in [1.54, 1.807) is 36.1 Å². The number of sulfonamides is 1. The minimum absolute atomic E-state index is 0.113. The summed E-state index contributed by atoms with van der Waals surface area (Å²) in [5.41, 5.74) is 0.618. The van der Waals surface area contributed by atoms with Crippen molar-refractivity contribution in [3.63, 3.8) is 0 Å². The zero-order chi connectivity index (χ0) is 21.2. The Morgan fingerprint density at radius 2 is 1.97 bits per heavy atom. The summed E-state index contributed by atoms with van der Waals surface area (Å²) in [5, 5.41) is 4.89. The van der Waals surface area contributed by atoms with Crippen LogP contribution in [0.4, 0.5) is 0 Å². The number of benzene rings is 1. The van der Waals surface area contributed by atoms with Gasteiger partial charge in [0.1, 0.15) is 0 Å². The number of aryl methyl sites for hydroxylation is 1. The van der Waals surface area contributed by atoms with Gasteiger partial charge in [0.15, 0.2) is 5.69 Å². The highest BCUT2D eigenvalue weighted by molar-refractivity contribution is 7.88. The van der Waals surface area contributed by atoms with Crippen molar-refractivity contribution in [2.24, 2.45) is 0 Å². The van der Waals surface area contributed by atoms with Gasteiger partial charge >= 0.3 is 0 Å². The second-order valence-electron chi connectivity index (χ2n) is 7.16. The minimum atomic E-state index is -3.38. The summed E-state index contributed by atoms with van der Waals surface area (Å²) in [5.74, 6) is -0.488. The average Bonchev–Trinajstić information content (AvgIpc) is 2.66. The Hall–Kier alpha value is -2.23. The van der Waals surface area contributed by atoms with Crippen molar-refractivity contribution in [2.45, 2.75) is 32.2 Å². The maximum Gasteiger partial charge on any atom is 0.278 e. The van der Waals surface area contributed by atoms with E-state index in [1.807, 2.05) is 0 Å². The van der Waals surface area contributed by atoms with E-state index in [9.17, 15) is 18.0 Å². The molecule has 3 rings (SSSR count). The molecule has 2 aromatic rings. The number of nitrogens with one attached hydrogen (secondary N) is 1. The van der Waals surface area contributed by atoms with E-state index in [0.717, 1.165) is 19.1 Å². The highest BCUT2D eigenvalue weighted by atomic mass is 35.5. The predicted octanol–water partition coefficient (Wildman–Crippen LogP) is 1.74. The van der Waals surface area contributed by atoms with Crippen molar-refractivity contribution < 1.29 is 13.2 Å². The summed E-state index contributed by atoms with van der Waals surface area (Å²) in [6.45, 7) is 2.30. The second-order valence-corrected chi connectivity index (χ2v) is 9.43. The van der Waals surface area contributed by atoms with Gasteiger partial charge in [-0.15, -0.1) is 0 Å². The molecule has 0 bridgehead atoms. The molecule has 1 saturated heterocycles. The van der Waals surface area contributed by atoms with E-state index >= 15 is 0 Å². The van der Waals surface area contributed by atoms with Crippen LogP contribution in [0.2, 0.25) is 5.02 Å². The molecule has 1 aromatic heterocycles. The molecule has 156 valence electrons. The highest BCUT2D eigenvalue weighted by Crippen LogP contribution is 2.19. The Balaban J connectivity index is 1.93. The summed E-state index contributed by atoms with van der Waals surface area (Å²) >= 11 is 5.94. The first kappa shape index (κ1) is 21.5. The van der Waals surface area contributed by atoms with E-state index < -0.39 is 21.4 Å². The number of amides is 1. The van der Waals surface area contributed by atoms with Gasteiger partial charge in [-0.2, -0.15) is 5.10 Å². The Bertz CT molecular complexity index is 1070. The van der Waals surface area contributed by atoms with Crippen LogP contribution in [0.1, 0.15) is 35.4 Å². The van der Waals surface area contributed by atoms with Crippen LogP contribution in [-0.4, -0.2) is 54.4 Å². The lowest BCUT2D eigenvalue weighted by atomic mass is 10.0. The lowest BCUT2D eigenvalue weighted by Crippen LogP contribution is -2.50. The van der Waals surface area contributed by atoms with Crippen molar-refractivity contribution in [3.05, 3.63) is 57.0 Å². The number of halogens is 1.